The number of hydrogen-bond donors (Lipinski definition) is 2. The number of unbranched alkanes of at least 4 members (excludes halogenated alkanes) is 4. The fourth-order valence-electron chi connectivity index (χ4n) is 2.39. The summed E-state index contributed by atoms with van der Waals surface area (Å²) in [6.07, 6.45) is 6.81. The molecule has 116 valence electrons. The molecule has 4 N–H and O–H groups in total. The van der Waals surface area contributed by atoms with E-state index in [1.54, 1.807) is 6.07 Å². The Morgan fingerprint density at radius 2 is 1.76 bits per heavy atom. The van der Waals surface area contributed by atoms with Crippen molar-refractivity contribution >= 4 is 27.7 Å². The van der Waals surface area contributed by atoms with Crippen molar-refractivity contribution in [3.63, 3.8) is 0 Å². The lowest BCUT2D eigenvalue weighted by Gasteiger charge is -2.15. The molecule has 0 aliphatic carbocycles. The highest BCUT2D eigenvalue weighted by Crippen LogP contribution is 2.32. The van der Waals surface area contributed by atoms with Crippen molar-refractivity contribution < 1.29 is 9.59 Å². The molecule has 0 bridgehead atoms. The van der Waals surface area contributed by atoms with Crippen LogP contribution in [-0.4, -0.2) is 11.8 Å². The normalized spacial score (nSPS) is 12.1. The van der Waals surface area contributed by atoms with Crippen LogP contribution in [0.2, 0.25) is 0 Å². The summed E-state index contributed by atoms with van der Waals surface area (Å²) in [6.45, 7) is 2.18. The molecule has 1 rings (SSSR count). The summed E-state index contributed by atoms with van der Waals surface area (Å²) in [5.41, 5.74) is 11.9. The first-order valence-electron chi connectivity index (χ1n) is 7.35. The van der Waals surface area contributed by atoms with Crippen molar-refractivity contribution in [2.75, 3.05) is 0 Å². The zero-order valence-electron chi connectivity index (χ0n) is 12.4. The van der Waals surface area contributed by atoms with Gasteiger partial charge in [0.2, 0.25) is 11.8 Å². The molecule has 1 aromatic carbocycles. The van der Waals surface area contributed by atoms with E-state index in [2.05, 4.69) is 22.9 Å². The number of benzene rings is 1. The van der Waals surface area contributed by atoms with E-state index in [-0.39, 0.29) is 16.0 Å². The summed E-state index contributed by atoms with van der Waals surface area (Å²) in [4.78, 5) is 23.1. The SMILES string of the molecule is CCCCCCCC(Br)c1cccc(C(N)=O)c1C(N)=O. The molecule has 0 radical (unpaired) electrons. The first kappa shape index (κ1) is 17.7. The first-order chi connectivity index (χ1) is 9.99. The molecule has 0 aromatic heterocycles. The number of alkyl halides is 1. The second-order valence-electron chi connectivity index (χ2n) is 5.17. The maximum atomic E-state index is 11.7. The highest BCUT2D eigenvalue weighted by atomic mass is 79.9. The van der Waals surface area contributed by atoms with Crippen LogP contribution in [0.3, 0.4) is 0 Å². The predicted octanol–water partition coefficient (Wildman–Crippen LogP) is 3.68. The van der Waals surface area contributed by atoms with Gasteiger partial charge >= 0.3 is 0 Å². The van der Waals surface area contributed by atoms with E-state index in [0.717, 1.165) is 24.8 Å². The smallest absolute Gasteiger partial charge is 0.249 e. The number of carbonyl (C=O) groups excluding carboxylic acids is 2. The number of halogens is 1. The number of carbonyl (C=O) groups is 2. The molecule has 0 fully saturated rings. The largest absolute Gasteiger partial charge is 0.366 e. The minimum atomic E-state index is -0.631. The van der Waals surface area contributed by atoms with Gasteiger partial charge in [-0.1, -0.05) is 67.1 Å². The van der Waals surface area contributed by atoms with Gasteiger partial charge in [0, 0.05) is 4.83 Å². The van der Waals surface area contributed by atoms with Crippen LogP contribution in [0.1, 0.15) is 76.6 Å². The topological polar surface area (TPSA) is 86.2 Å². The van der Waals surface area contributed by atoms with E-state index in [1.165, 1.54) is 25.3 Å². The van der Waals surface area contributed by atoms with Crippen LogP contribution in [0.15, 0.2) is 18.2 Å². The molecule has 0 aliphatic rings. The fourth-order valence-corrected chi connectivity index (χ4v) is 3.10. The molecule has 0 heterocycles. The molecule has 1 atom stereocenters. The maximum absolute atomic E-state index is 11.7. The summed E-state index contributed by atoms with van der Waals surface area (Å²) in [5.74, 6) is -1.25. The van der Waals surface area contributed by atoms with Crippen LogP contribution in [0.4, 0.5) is 0 Å². The number of hydrogen-bond acceptors (Lipinski definition) is 2. The Morgan fingerprint density at radius 3 is 2.33 bits per heavy atom. The maximum Gasteiger partial charge on any atom is 0.249 e. The van der Waals surface area contributed by atoms with Crippen molar-refractivity contribution in [2.45, 2.75) is 50.3 Å². The van der Waals surface area contributed by atoms with Crippen LogP contribution in [0.5, 0.6) is 0 Å². The third kappa shape index (κ3) is 5.16. The second kappa shape index (κ2) is 8.82. The molecule has 0 aliphatic heterocycles. The zero-order chi connectivity index (χ0) is 15.8. The van der Waals surface area contributed by atoms with Crippen LogP contribution < -0.4 is 11.5 Å². The summed E-state index contributed by atoms with van der Waals surface area (Å²) < 4.78 is 0. The molecule has 5 heteroatoms. The Morgan fingerprint density at radius 1 is 1.10 bits per heavy atom. The zero-order valence-corrected chi connectivity index (χ0v) is 14.0. The van der Waals surface area contributed by atoms with E-state index in [1.807, 2.05) is 6.07 Å². The number of amides is 2. The third-order valence-electron chi connectivity index (χ3n) is 3.51. The van der Waals surface area contributed by atoms with Gasteiger partial charge in [0.1, 0.15) is 0 Å². The lowest BCUT2D eigenvalue weighted by molar-refractivity contribution is 0.0966. The van der Waals surface area contributed by atoms with Crippen LogP contribution in [-0.2, 0) is 0 Å². The predicted molar refractivity (Wildman–Crippen MR) is 88.5 cm³/mol. The minimum Gasteiger partial charge on any atom is -0.366 e. The van der Waals surface area contributed by atoms with Gasteiger partial charge in [-0.2, -0.15) is 0 Å². The van der Waals surface area contributed by atoms with Crippen molar-refractivity contribution in [1.29, 1.82) is 0 Å². The number of primary amides is 2. The summed E-state index contributed by atoms with van der Waals surface area (Å²) >= 11 is 3.60. The number of nitrogens with two attached hydrogens (primary N) is 2. The highest BCUT2D eigenvalue weighted by molar-refractivity contribution is 9.09. The van der Waals surface area contributed by atoms with Gasteiger partial charge in [-0.05, 0) is 18.1 Å². The molecule has 21 heavy (non-hydrogen) atoms. The summed E-state index contributed by atoms with van der Waals surface area (Å²) in [6, 6.07) is 5.08. The van der Waals surface area contributed by atoms with Crippen molar-refractivity contribution in [2.24, 2.45) is 11.5 Å². The van der Waals surface area contributed by atoms with Gasteiger partial charge in [0.05, 0.1) is 11.1 Å². The minimum absolute atomic E-state index is 0.000858. The molecule has 1 aromatic rings. The van der Waals surface area contributed by atoms with Gasteiger partial charge in [-0.15, -0.1) is 0 Å². The molecule has 1 unspecified atom stereocenters. The van der Waals surface area contributed by atoms with E-state index < -0.39 is 11.8 Å². The lowest BCUT2D eigenvalue weighted by atomic mass is 9.95. The Kier molecular flexibility index (Phi) is 7.43. The fraction of sp³-hybridized carbons (Fsp3) is 0.500. The second-order valence-corrected chi connectivity index (χ2v) is 6.27. The van der Waals surface area contributed by atoms with E-state index in [9.17, 15) is 9.59 Å². The Labute approximate surface area is 134 Å². The van der Waals surface area contributed by atoms with E-state index >= 15 is 0 Å². The van der Waals surface area contributed by atoms with Gasteiger partial charge in [0.15, 0.2) is 0 Å². The van der Waals surface area contributed by atoms with E-state index in [0.29, 0.717) is 0 Å². The molecular weight excluding hydrogens is 332 g/mol. The Bertz CT molecular complexity index is 503. The third-order valence-corrected chi connectivity index (χ3v) is 4.46. The van der Waals surface area contributed by atoms with Gasteiger partial charge in [-0.3, -0.25) is 9.59 Å². The van der Waals surface area contributed by atoms with Gasteiger partial charge in [-0.25, -0.2) is 0 Å². The lowest BCUT2D eigenvalue weighted by Crippen LogP contribution is -2.22. The van der Waals surface area contributed by atoms with Crippen LogP contribution in [0, 0.1) is 0 Å². The molecule has 0 saturated carbocycles. The average Bonchev–Trinajstić information content (AvgIpc) is 2.45. The van der Waals surface area contributed by atoms with Crippen molar-refractivity contribution in [3.05, 3.63) is 34.9 Å². The Hall–Kier alpha value is -1.36. The standard InChI is InChI=1S/C16H23BrN2O2/c1-2-3-4-5-6-10-13(17)11-8-7-9-12(15(18)20)14(11)16(19)21/h7-9,13H,2-6,10H2,1H3,(H2,18,20)(H2,19,21). The van der Waals surface area contributed by atoms with Crippen LogP contribution in [0.25, 0.3) is 0 Å². The molecule has 2 amide bonds. The monoisotopic (exact) mass is 354 g/mol. The average molecular weight is 355 g/mol. The first-order valence-corrected chi connectivity index (χ1v) is 8.27. The summed E-state index contributed by atoms with van der Waals surface area (Å²) in [7, 11) is 0. The molecule has 0 spiro atoms. The van der Waals surface area contributed by atoms with Crippen LogP contribution >= 0.6 is 15.9 Å². The summed E-state index contributed by atoms with van der Waals surface area (Å²) in [5, 5.41) is 0. The quantitative estimate of drug-likeness (QED) is 0.523. The highest BCUT2D eigenvalue weighted by Gasteiger charge is 2.21. The van der Waals surface area contributed by atoms with Crippen molar-refractivity contribution in [3.8, 4) is 0 Å². The Balaban J connectivity index is 2.84. The molecule has 4 nitrogen and oxygen atoms in total. The van der Waals surface area contributed by atoms with Crippen molar-refractivity contribution in [1.82, 2.24) is 0 Å². The van der Waals surface area contributed by atoms with Gasteiger partial charge < -0.3 is 11.5 Å². The number of rotatable bonds is 9. The van der Waals surface area contributed by atoms with Gasteiger partial charge in [0.25, 0.3) is 0 Å². The molecular formula is C16H23BrN2O2. The molecule has 0 saturated heterocycles. The van der Waals surface area contributed by atoms with E-state index in [4.69, 9.17) is 11.5 Å².